The van der Waals surface area contributed by atoms with E-state index in [2.05, 4.69) is 0 Å². The first-order valence-electron chi connectivity index (χ1n) is 2.79. The molecule has 1 heterocycles. The van der Waals surface area contributed by atoms with E-state index >= 15 is 0 Å². The van der Waals surface area contributed by atoms with Crippen LogP contribution in [0.25, 0.3) is 0 Å². The van der Waals surface area contributed by atoms with Crippen molar-refractivity contribution in [2.75, 3.05) is 13.2 Å². The van der Waals surface area contributed by atoms with Crippen molar-refractivity contribution >= 4 is 0 Å². The van der Waals surface area contributed by atoms with Gasteiger partial charge in [0.2, 0.25) is 0 Å². The molecule has 0 spiro atoms. The summed E-state index contributed by atoms with van der Waals surface area (Å²) in [7, 11) is 0. The molecule has 0 N–H and O–H groups in total. The summed E-state index contributed by atoms with van der Waals surface area (Å²) in [5, 5.41) is 0. The van der Waals surface area contributed by atoms with Crippen LogP contribution in [0.3, 0.4) is 0 Å². The van der Waals surface area contributed by atoms with E-state index in [0.29, 0.717) is 13.2 Å². The normalized spacial score (nSPS) is 28.9. The molecule has 1 rings (SSSR count). The zero-order chi connectivity index (χ0) is 5.82. The second kappa shape index (κ2) is 2.72. The van der Waals surface area contributed by atoms with Gasteiger partial charge in [-0.2, -0.15) is 0 Å². The van der Waals surface area contributed by atoms with Crippen LogP contribution in [-0.4, -0.2) is 19.3 Å². The predicted octanol–water partition coefficient (Wildman–Crippen LogP) is 0.935. The maximum Gasteiger partial charge on any atom is 0.111 e. The third-order valence-corrected chi connectivity index (χ3v) is 1.03. The van der Waals surface area contributed by atoms with Crippen molar-refractivity contribution in [1.29, 1.82) is 0 Å². The van der Waals surface area contributed by atoms with Crippen LogP contribution in [-0.2, 0) is 9.47 Å². The lowest BCUT2D eigenvalue weighted by atomic mass is 10.4. The second-order valence-electron chi connectivity index (χ2n) is 1.78. The summed E-state index contributed by atoms with van der Waals surface area (Å²) in [5.41, 5.74) is 0. The van der Waals surface area contributed by atoms with Crippen molar-refractivity contribution in [3.63, 3.8) is 0 Å². The van der Waals surface area contributed by atoms with Gasteiger partial charge in [-0.15, -0.1) is 0 Å². The highest BCUT2D eigenvalue weighted by Crippen LogP contribution is 1.97. The molecule has 0 aromatic rings. The summed E-state index contributed by atoms with van der Waals surface area (Å²) in [6, 6.07) is 0. The first-order chi connectivity index (χ1) is 3.89. The molecule has 2 nitrogen and oxygen atoms in total. The fourth-order valence-electron chi connectivity index (χ4n) is 0.572. The number of rotatable bonds is 0. The van der Waals surface area contributed by atoms with Gasteiger partial charge in [-0.3, -0.25) is 0 Å². The van der Waals surface area contributed by atoms with Gasteiger partial charge >= 0.3 is 0 Å². The molecule has 0 bridgehead atoms. The summed E-state index contributed by atoms with van der Waals surface area (Å²) in [6.07, 6.45) is 3.81. The number of hydrogen-bond acceptors (Lipinski definition) is 2. The minimum atomic E-state index is 0.220. The molecule has 2 heteroatoms. The Morgan fingerprint density at radius 1 is 1.50 bits per heavy atom. The minimum Gasteiger partial charge on any atom is -0.499 e. The van der Waals surface area contributed by atoms with Crippen LogP contribution in [0.5, 0.6) is 0 Å². The van der Waals surface area contributed by atoms with E-state index in [1.54, 1.807) is 6.26 Å². The highest BCUT2D eigenvalue weighted by molar-refractivity contribution is 4.82. The highest BCUT2D eigenvalue weighted by atomic mass is 16.5. The van der Waals surface area contributed by atoms with E-state index in [9.17, 15) is 0 Å². The summed E-state index contributed by atoms with van der Waals surface area (Å²) < 4.78 is 10.2. The van der Waals surface area contributed by atoms with Crippen molar-refractivity contribution < 1.29 is 9.47 Å². The van der Waals surface area contributed by atoms with Crippen molar-refractivity contribution in [2.24, 2.45) is 0 Å². The van der Waals surface area contributed by atoms with Crippen molar-refractivity contribution in [3.05, 3.63) is 12.3 Å². The van der Waals surface area contributed by atoms with Crippen LogP contribution >= 0.6 is 0 Å². The average Bonchev–Trinajstić information content (AvgIpc) is 1.94. The molecule has 0 amide bonds. The monoisotopic (exact) mass is 114 g/mol. The van der Waals surface area contributed by atoms with E-state index in [4.69, 9.17) is 9.47 Å². The van der Waals surface area contributed by atoms with Crippen molar-refractivity contribution in [1.82, 2.24) is 0 Å². The molecule has 0 aromatic carbocycles. The van der Waals surface area contributed by atoms with Gasteiger partial charge in [0.25, 0.3) is 0 Å². The average molecular weight is 114 g/mol. The van der Waals surface area contributed by atoms with Gasteiger partial charge in [0, 0.05) is 0 Å². The van der Waals surface area contributed by atoms with E-state index in [1.807, 2.05) is 13.0 Å². The van der Waals surface area contributed by atoms with Crippen LogP contribution in [0, 0.1) is 0 Å². The molecule has 1 aliphatic heterocycles. The molecule has 0 saturated heterocycles. The molecule has 0 aromatic heterocycles. The first-order valence-corrected chi connectivity index (χ1v) is 2.79. The van der Waals surface area contributed by atoms with E-state index in [-0.39, 0.29) is 6.10 Å². The molecule has 1 unspecified atom stereocenters. The number of hydrogen-bond donors (Lipinski definition) is 0. The molecule has 0 fully saturated rings. The van der Waals surface area contributed by atoms with E-state index in [1.165, 1.54) is 0 Å². The summed E-state index contributed by atoms with van der Waals surface area (Å²) >= 11 is 0. The molecule has 8 heavy (non-hydrogen) atoms. The van der Waals surface area contributed by atoms with Gasteiger partial charge in [-0.25, -0.2) is 0 Å². The van der Waals surface area contributed by atoms with Crippen LogP contribution in [0.15, 0.2) is 12.3 Å². The summed E-state index contributed by atoms with van der Waals surface area (Å²) in [4.78, 5) is 0. The maximum atomic E-state index is 5.19. The van der Waals surface area contributed by atoms with E-state index in [0.717, 1.165) is 0 Å². The fourth-order valence-corrected chi connectivity index (χ4v) is 0.572. The molecule has 0 radical (unpaired) electrons. The van der Waals surface area contributed by atoms with Crippen LogP contribution in [0.2, 0.25) is 0 Å². The Kier molecular flexibility index (Phi) is 1.92. The Labute approximate surface area is 49.1 Å². The minimum absolute atomic E-state index is 0.220. The highest BCUT2D eigenvalue weighted by Gasteiger charge is 1.98. The molecule has 46 valence electrons. The van der Waals surface area contributed by atoms with Gasteiger partial charge in [0.1, 0.15) is 6.61 Å². The zero-order valence-corrected chi connectivity index (χ0v) is 4.96. The molecular weight excluding hydrogens is 104 g/mol. The number of ether oxygens (including phenoxy) is 2. The standard InChI is InChI=1S/C6H10O2/c1-6-2-3-7-4-5-8-6/h2-3,6H,4-5H2,1H3. The smallest absolute Gasteiger partial charge is 0.111 e. The molecule has 1 aliphatic rings. The maximum absolute atomic E-state index is 5.19. The lowest BCUT2D eigenvalue weighted by molar-refractivity contribution is 0.0748. The Morgan fingerprint density at radius 3 is 3.25 bits per heavy atom. The molecular formula is C6H10O2. The SMILES string of the molecule is CC1C=COCCO1. The predicted molar refractivity (Wildman–Crippen MR) is 30.5 cm³/mol. The Morgan fingerprint density at radius 2 is 2.38 bits per heavy atom. The zero-order valence-electron chi connectivity index (χ0n) is 4.96. The van der Waals surface area contributed by atoms with Gasteiger partial charge in [0.15, 0.2) is 0 Å². The second-order valence-corrected chi connectivity index (χ2v) is 1.78. The largest absolute Gasteiger partial charge is 0.499 e. The third kappa shape index (κ3) is 1.54. The Balaban J connectivity index is 2.33. The van der Waals surface area contributed by atoms with Crippen molar-refractivity contribution in [3.8, 4) is 0 Å². The lowest BCUT2D eigenvalue weighted by Gasteiger charge is -2.01. The Hall–Kier alpha value is -0.500. The molecule has 1 atom stereocenters. The third-order valence-electron chi connectivity index (χ3n) is 1.03. The van der Waals surface area contributed by atoms with E-state index < -0.39 is 0 Å². The van der Waals surface area contributed by atoms with Crippen LogP contribution < -0.4 is 0 Å². The van der Waals surface area contributed by atoms with Gasteiger partial charge in [-0.1, -0.05) is 0 Å². The lowest BCUT2D eigenvalue weighted by Crippen LogP contribution is -2.05. The van der Waals surface area contributed by atoms with Crippen LogP contribution in [0.1, 0.15) is 6.92 Å². The molecule has 0 saturated carbocycles. The van der Waals surface area contributed by atoms with Crippen LogP contribution in [0.4, 0.5) is 0 Å². The Bertz CT molecular complexity index is 88.5. The first kappa shape index (κ1) is 5.63. The molecule has 0 aliphatic carbocycles. The van der Waals surface area contributed by atoms with Gasteiger partial charge in [-0.05, 0) is 13.0 Å². The van der Waals surface area contributed by atoms with Crippen molar-refractivity contribution in [2.45, 2.75) is 13.0 Å². The van der Waals surface area contributed by atoms with Gasteiger partial charge < -0.3 is 9.47 Å². The quantitative estimate of drug-likeness (QED) is 0.466. The summed E-state index contributed by atoms with van der Waals surface area (Å²) in [5.74, 6) is 0. The fraction of sp³-hybridized carbons (Fsp3) is 0.667. The van der Waals surface area contributed by atoms with Gasteiger partial charge in [0.05, 0.1) is 19.0 Å². The topological polar surface area (TPSA) is 18.5 Å². The summed E-state index contributed by atoms with van der Waals surface area (Å²) in [6.45, 7) is 3.38.